The molecule has 1 fully saturated rings. The zero-order valence-corrected chi connectivity index (χ0v) is 11.2. The maximum absolute atomic E-state index is 11.7. The number of aromatic amines is 1. The Morgan fingerprint density at radius 2 is 2.21 bits per heavy atom. The van der Waals surface area contributed by atoms with Gasteiger partial charge in [0.1, 0.15) is 26.9 Å². The highest BCUT2D eigenvalue weighted by Gasteiger charge is 2.19. The van der Waals surface area contributed by atoms with Crippen LogP contribution in [0.4, 0.5) is 5.00 Å². The van der Waals surface area contributed by atoms with E-state index in [1.54, 1.807) is 0 Å². The lowest BCUT2D eigenvalue weighted by atomic mass is 9.95. The van der Waals surface area contributed by atoms with Gasteiger partial charge in [-0.25, -0.2) is 4.98 Å². The summed E-state index contributed by atoms with van der Waals surface area (Å²) < 4.78 is 0.525. The minimum atomic E-state index is -0.178. The largest absolute Gasteiger partial charge is 0.373 e. The van der Waals surface area contributed by atoms with Crippen LogP contribution in [0.5, 0.6) is 0 Å². The van der Waals surface area contributed by atoms with E-state index in [1.807, 2.05) is 0 Å². The van der Waals surface area contributed by atoms with Crippen molar-refractivity contribution in [3.05, 3.63) is 22.2 Å². The molecule has 0 aromatic carbocycles. The molecule has 2 aromatic heterocycles. The topological polar surface area (TPSA) is 81.6 Å². The van der Waals surface area contributed by atoms with Gasteiger partial charge in [0.2, 0.25) is 0 Å². The van der Waals surface area contributed by atoms with Gasteiger partial charge in [0.25, 0.3) is 5.56 Å². The molecular weight excluding hydrogens is 260 g/mol. The molecule has 0 atom stereocenters. The number of hydrogen-bond donors (Lipinski definition) is 2. The number of nitrogens with zero attached hydrogens (tertiary/aromatic N) is 2. The predicted octanol–water partition coefficient (Wildman–Crippen LogP) is 2.60. The van der Waals surface area contributed by atoms with Crippen molar-refractivity contribution in [3.8, 4) is 6.07 Å². The molecule has 0 radical (unpaired) electrons. The first kappa shape index (κ1) is 12.2. The molecule has 98 valence electrons. The number of nitrogens with one attached hydrogen (secondary N) is 2. The number of anilines is 1. The van der Waals surface area contributed by atoms with Crippen molar-refractivity contribution in [1.29, 1.82) is 5.26 Å². The summed E-state index contributed by atoms with van der Waals surface area (Å²) in [6.07, 6.45) is 7.35. The molecule has 1 aliphatic carbocycles. The second-order valence-corrected chi connectivity index (χ2v) is 5.83. The number of nitriles is 1. The SMILES string of the molecule is N#Cc1c(NC2CCCCC2)sc2c(=O)[nH]cnc12. The van der Waals surface area contributed by atoms with Gasteiger partial charge >= 0.3 is 0 Å². The van der Waals surface area contributed by atoms with Gasteiger partial charge in [0.05, 0.1) is 6.33 Å². The molecule has 5 nitrogen and oxygen atoms in total. The van der Waals surface area contributed by atoms with E-state index < -0.39 is 0 Å². The van der Waals surface area contributed by atoms with Gasteiger partial charge in [-0.05, 0) is 12.8 Å². The molecule has 2 heterocycles. The standard InChI is InChI=1S/C13H14N4OS/c14-6-9-10-11(12(18)16-7-15-10)19-13(9)17-8-4-2-1-3-5-8/h7-8,17H,1-5H2,(H,15,16,18). The number of fused-ring (bicyclic) bond motifs is 1. The van der Waals surface area contributed by atoms with E-state index in [0.29, 0.717) is 21.8 Å². The molecule has 1 aliphatic rings. The Kier molecular flexibility index (Phi) is 3.22. The third kappa shape index (κ3) is 2.22. The van der Waals surface area contributed by atoms with Crippen molar-refractivity contribution >= 4 is 26.6 Å². The molecule has 6 heteroatoms. The smallest absolute Gasteiger partial charge is 0.268 e. The summed E-state index contributed by atoms with van der Waals surface area (Å²) in [6.45, 7) is 0. The molecule has 19 heavy (non-hydrogen) atoms. The first-order valence-electron chi connectivity index (χ1n) is 6.46. The normalized spacial score (nSPS) is 16.4. The van der Waals surface area contributed by atoms with Crippen LogP contribution >= 0.6 is 11.3 Å². The van der Waals surface area contributed by atoms with Crippen LogP contribution in [0, 0.1) is 11.3 Å². The highest BCUT2D eigenvalue weighted by molar-refractivity contribution is 7.23. The lowest BCUT2D eigenvalue weighted by Gasteiger charge is -2.23. The van der Waals surface area contributed by atoms with Gasteiger partial charge in [-0.1, -0.05) is 19.3 Å². The summed E-state index contributed by atoms with van der Waals surface area (Å²) in [4.78, 5) is 18.4. The fourth-order valence-corrected chi connectivity index (χ4v) is 3.64. The van der Waals surface area contributed by atoms with Crippen LogP contribution in [0.3, 0.4) is 0 Å². The molecule has 0 amide bonds. The minimum Gasteiger partial charge on any atom is -0.373 e. The molecular formula is C13H14N4OS. The maximum atomic E-state index is 11.7. The van der Waals surface area contributed by atoms with Crippen LogP contribution in [0.15, 0.2) is 11.1 Å². The Morgan fingerprint density at radius 1 is 1.42 bits per heavy atom. The van der Waals surface area contributed by atoms with Gasteiger partial charge in [0.15, 0.2) is 0 Å². The summed E-state index contributed by atoms with van der Waals surface area (Å²) in [5.41, 5.74) is 0.828. The van der Waals surface area contributed by atoms with E-state index in [1.165, 1.54) is 36.9 Å². The van der Waals surface area contributed by atoms with E-state index in [4.69, 9.17) is 0 Å². The van der Waals surface area contributed by atoms with Crippen molar-refractivity contribution in [2.75, 3.05) is 5.32 Å². The van der Waals surface area contributed by atoms with Crippen molar-refractivity contribution < 1.29 is 0 Å². The molecule has 0 bridgehead atoms. The van der Waals surface area contributed by atoms with Crippen molar-refractivity contribution in [2.24, 2.45) is 0 Å². The zero-order chi connectivity index (χ0) is 13.2. The van der Waals surface area contributed by atoms with Crippen LogP contribution in [0.2, 0.25) is 0 Å². The molecule has 0 unspecified atom stereocenters. The molecule has 2 aromatic rings. The van der Waals surface area contributed by atoms with Gasteiger partial charge in [-0.2, -0.15) is 5.26 Å². The predicted molar refractivity (Wildman–Crippen MR) is 75.5 cm³/mol. The Morgan fingerprint density at radius 3 is 2.95 bits per heavy atom. The minimum absolute atomic E-state index is 0.178. The maximum Gasteiger partial charge on any atom is 0.268 e. The second kappa shape index (κ2) is 5.02. The van der Waals surface area contributed by atoms with Crippen LogP contribution < -0.4 is 10.9 Å². The van der Waals surface area contributed by atoms with Crippen LogP contribution in [0.1, 0.15) is 37.7 Å². The number of H-pyrrole nitrogens is 1. The Labute approximate surface area is 114 Å². The lowest BCUT2D eigenvalue weighted by Crippen LogP contribution is -2.21. The number of thiophene rings is 1. The summed E-state index contributed by atoms with van der Waals surface area (Å²) in [5, 5.41) is 13.5. The van der Waals surface area contributed by atoms with E-state index >= 15 is 0 Å². The third-order valence-electron chi connectivity index (χ3n) is 3.53. The molecule has 1 saturated carbocycles. The van der Waals surface area contributed by atoms with E-state index in [-0.39, 0.29) is 5.56 Å². The molecule has 0 spiro atoms. The van der Waals surface area contributed by atoms with Crippen molar-refractivity contribution in [2.45, 2.75) is 38.1 Å². The first-order valence-corrected chi connectivity index (χ1v) is 7.28. The average Bonchev–Trinajstić information content (AvgIpc) is 2.79. The van der Waals surface area contributed by atoms with Crippen LogP contribution in [0.25, 0.3) is 10.2 Å². The Bertz CT molecular complexity index is 691. The third-order valence-corrected chi connectivity index (χ3v) is 4.64. The Hall–Kier alpha value is -1.87. The zero-order valence-electron chi connectivity index (χ0n) is 10.4. The van der Waals surface area contributed by atoms with Gasteiger partial charge in [0, 0.05) is 6.04 Å². The second-order valence-electron chi connectivity index (χ2n) is 4.81. The van der Waals surface area contributed by atoms with Crippen molar-refractivity contribution in [3.63, 3.8) is 0 Å². The summed E-state index contributed by atoms with van der Waals surface area (Å²) in [7, 11) is 0. The van der Waals surface area contributed by atoms with Gasteiger partial charge < -0.3 is 10.3 Å². The fourth-order valence-electron chi connectivity index (χ4n) is 2.56. The first-order chi connectivity index (χ1) is 9.29. The van der Waals surface area contributed by atoms with Gasteiger partial charge in [-0.3, -0.25) is 4.79 Å². The molecule has 2 N–H and O–H groups in total. The van der Waals surface area contributed by atoms with Crippen LogP contribution in [-0.2, 0) is 0 Å². The average molecular weight is 274 g/mol. The molecule has 0 saturated heterocycles. The summed E-state index contributed by atoms with van der Waals surface area (Å²) in [5.74, 6) is 0. The van der Waals surface area contributed by atoms with E-state index in [0.717, 1.165) is 17.8 Å². The van der Waals surface area contributed by atoms with Gasteiger partial charge in [-0.15, -0.1) is 11.3 Å². The van der Waals surface area contributed by atoms with Crippen LogP contribution in [-0.4, -0.2) is 16.0 Å². The highest BCUT2D eigenvalue weighted by Crippen LogP contribution is 2.33. The number of aromatic nitrogens is 2. The number of hydrogen-bond acceptors (Lipinski definition) is 5. The summed E-state index contributed by atoms with van der Waals surface area (Å²) in [6, 6.07) is 2.58. The molecule has 0 aliphatic heterocycles. The lowest BCUT2D eigenvalue weighted by molar-refractivity contribution is 0.463. The van der Waals surface area contributed by atoms with Crippen molar-refractivity contribution in [1.82, 2.24) is 9.97 Å². The van der Waals surface area contributed by atoms with E-state index in [2.05, 4.69) is 21.4 Å². The monoisotopic (exact) mass is 274 g/mol. The Balaban J connectivity index is 2.01. The quantitative estimate of drug-likeness (QED) is 0.882. The molecule has 3 rings (SSSR count). The number of rotatable bonds is 2. The fraction of sp³-hybridized carbons (Fsp3) is 0.462. The van der Waals surface area contributed by atoms with E-state index in [9.17, 15) is 10.1 Å². The highest BCUT2D eigenvalue weighted by atomic mass is 32.1. The summed E-state index contributed by atoms with van der Waals surface area (Å²) >= 11 is 1.33.